The number of esters is 2. The highest BCUT2D eigenvalue weighted by atomic mass is 16.6. The zero-order valence-electron chi connectivity index (χ0n) is 7.10. The molecule has 0 aromatic heterocycles. The third-order valence-electron chi connectivity index (χ3n) is 2.10. The van der Waals surface area contributed by atoms with Crippen LogP contribution in [0.5, 0.6) is 0 Å². The molecule has 14 heavy (non-hydrogen) atoms. The van der Waals surface area contributed by atoms with Crippen LogP contribution in [0, 0.1) is 0 Å². The standard InChI is InChI=1S/C10H6O4/c11-5-8-6-3-1-2-4-7(6)9(12)14-10(8)13/h1-5,8H. The van der Waals surface area contributed by atoms with E-state index in [1.54, 1.807) is 18.2 Å². The van der Waals surface area contributed by atoms with Gasteiger partial charge in [0.05, 0.1) is 5.56 Å². The van der Waals surface area contributed by atoms with Crippen LogP contribution in [0.2, 0.25) is 0 Å². The second-order valence-corrected chi connectivity index (χ2v) is 2.91. The van der Waals surface area contributed by atoms with Gasteiger partial charge >= 0.3 is 11.9 Å². The second kappa shape index (κ2) is 3.06. The number of aldehydes is 1. The van der Waals surface area contributed by atoms with Crippen LogP contribution in [-0.2, 0) is 14.3 Å². The van der Waals surface area contributed by atoms with Crippen molar-refractivity contribution < 1.29 is 19.1 Å². The molecule has 2 rings (SSSR count). The first kappa shape index (κ1) is 8.62. The van der Waals surface area contributed by atoms with Crippen LogP contribution in [0.15, 0.2) is 24.3 Å². The van der Waals surface area contributed by atoms with E-state index in [2.05, 4.69) is 4.74 Å². The number of fused-ring (bicyclic) bond motifs is 1. The Labute approximate surface area is 79.5 Å². The summed E-state index contributed by atoms with van der Waals surface area (Å²) in [7, 11) is 0. The number of hydrogen-bond acceptors (Lipinski definition) is 4. The molecule has 0 amide bonds. The molecule has 0 radical (unpaired) electrons. The van der Waals surface area contributed by atoms with Gasteiger partial charge in [-0.05, 0) is 11.6 Å². The normalized spacial score (nSPS) is 19.9. The van der Waals surface area contributed by atoms with Crippen molar-refractivity contribution in [1.29, 1.82) is 0 Å². The van der Waals surface area contributed by atoms with Crippen LogP contribution < -0.4 is 0 Å². The van der Waals surface area contributed by atoms with Gasteiger partial charge in [0.15, 0.2) is 0 Å². The maximum absolute atomic E-state index is 11.2. The van der Waals surface area contributed by atoms with E-state index in [0.717, 1.165) is 0 Å². The maximum Gasteiger partial charge on any atom is 0.346 e. The van der Waals surface area contributed by atoms with Crippen molar-refractivity contribution >= 4 is 18.2 Å². The fourth-order valence-electron chi connectivity index (χ4n) is 1.42. The predicted molar refractivity (Wildman–Crippen MR) is 45.7 cm³/mol. The van der Waals surface area contributed by atoms with E-state index in [0.29, 0.717) is 11.8 Å². The molecular weight excluding hydrogens is 184 g/mol. The summed E-state index contributed by atoms with van der Waals surface area (Å²) in [6, 6.07) is 6.42. The van der Waals surface area contributed by atoms with Gasteiger partial charge in [0.2, 0.25) is 0 Å². The van der Waals surface area contributed by atoms with Crippen LogP contribution in [0.4, 0.5) is 0 Å². The minimum Gasteiger partial charge on any atom is -0.389 e. The molecular formula is C10H6O4. The van der Waals surface area contributed by atoms with Crippen LogP contribution in [0.3, 0.4) is 0 Å². The predicted octanol–water partition coefficient (Wildman–Crippen LogP) is 0.666. The highest BCUT2D eigenvalue weighted by molar-refractivity contribution is 6.09. The molecule has 1 atom stereocenters. The summed E-state index contributed by atoms with van der Waals surface area (Å²) >= 11 is 0. The Morgan fingerprint density at radius 3 is 2.64 bits per heavy atom. The third-order valence-corrected chi connectivity index (χ3v) is 2.10. The number of hydrogen-bond donors (Lipinski definition) is 0. The van der Waals surface area contributed by atoms with Crippen molar-refractivity contribution in [3.8, 4) is 0 Å². The average Bonchev–Trinajstić information content (AvgIpc) is 2.18. The fraction of sp³-hybridized carbons (Fsp3) is 0.100. The molecule has 1 heterocycles. The number of benzene rings is 1. The molecule has 0 fully saturated rings. The van der Waals surface area contributed by atoms with Crippen molar-refractivity contribution in [3.05, 3.63) is 35.4 Å². The molecule has 70 valence electrons. The van der Waals surface area contributed by atoms with Crippen LogP contribution in [-0.4, -0.2) is 18.2 Å². The first-order valence-electron chi connectivity index (χ1n) is 4.04. The van der Waals surface area contributed by atoms with Crippen LogP contribution in [0.25, 0.3) is 0 Å². The monoisotopic (exact) mass is 190 g/mol. The minimum atomic E-state index is -0.969. The lowest BCUT2D eigenvalue weighted by Gasteiger charge is -2.18. The maximum atomic E-state index is 11.2. The third kappa shape index (κ3) is 1.12. The highest BCUT2D eigenvalue weighted by Gasteiger charge is 2.33. The van der Waals surface area contributed by atoms with Crippen molar-refractivity contribution in [2.75, 3.05) is 0 Å². The first-order chi connectivity index (χ1) is 6.74. The van der Waals surface area contributed by atoms with Gasteiger partial charge in [0, 0.05) is 0 Å². The summed E-state index contributed by atoms with van der Waals surface area (Å²) in [5, 5.41) is 0. The zero-order chi connectivity index (χ0) is 10.1. The van der Waals surface area contributed by atoms with E-state index in [-0.39, 0.29) is 5.56 Å². The number of carbonyl (C=O) groups excluding carboxylic acids is 3. The largest absolute Gasteiger partial charge is 0.389 e. The Bertz CT molecular complexity index is 422. The van der Waals surface area contributed by atoms with E-state index in [4.69, 9.17) is 0 Å². The second-order valence-electron chi connectivity index (χ2n) is 2.91. The number of rotatable bonds is 1. The fourth-order valence-corrected chi connectivity index (χ4v) is 1.42. The SMILES string of the molecule is O=CC1C(=O)OC(=O)c2ccccc21. The van der Waals surface area contributed by atoms with Crippen molar-refractivity contribution in [3.63, 3.8) is 0 Å². The van der Waals surface area contributed by atoms with Gasteiger partial charge in [0.1, 0.15) is 12.2 Å². The Kier molecular flexibility index (Phi) is 1.89. The molecule has 1 aromatic carbocycles. The van der Waals surface area contributed by atoms with Crippen molar-refractivity contribution in [2.24, 2.45) is 0 Å². The van der Waals surface area contributed by atoms with E-state index in [9.17, 15) is 14.4 Å². The first-order valence-corrected chi connectivity index (χ1v) is 4.04. The minimum absolute atomic E-state index is 0.282. The molecule has 0 bridgehead atoms. The molecule has 4 heteroatoms. The molecule has 0 saturated heterocycles. The van der Waals surface area contributed by atoms with E-state index < -0.39 is 17.9 Å². The van der Waals surface area contributed by atoms with E-state index in [1.165, 1.54) is 6.07 Å². The molecule has 1 aliphatic rings. The van der Waals surface area contributed by atoms with Gasteiger partial charge in [-0.25, -0.2) is 4.79 Å². The summed E-state index contributed by atoms with van der Waals surface area (Å²) in [5.41, 5.74) is 0.702. The van der Waals surface area contributed by atoms with E-state index in [1.807, 2.05) is 0 Å². The Hall–Kier alpha value is -1.97. The lowest BCUT2D eigenvalue weighted by molar-refractivity contribution is -0.141. The van der Waals surface area contributed by atoms with Crippen LogP contribution >= 0.6 is 0 Å². The van der Waals surface area contributed by atoms with E-state index >= 15 is 0 Å². The quantitative estimate of drug-likeness (QED) is 0.371. The topological polar surface area (TPSA) is 60.4 Å². The summed E-state index contributed by atoms with van der Waals surface area (Å²) in [6.07, 6.45) is 0.480. The van der Waals surface area contributed by atoms with Gasteiger partial charge in [-0.2, -0.15) is 0 Å². The average molecular weight is 190 g/mol. The molecule has 1 unspecified atom stereocenters. The summed E-state index contributed by atoms with van der Waals surface area (Å²) < 4.78 is 4.41. The van der Waals surface area contributed by atoms with Gasteiger partial charge in [-0.1, -0.05) is 18.2 Å². The molecule has 1 aliphatic heterocycles. The lowest BCUT2D eigenvalue weighted by atomic mass is 9.93. The Morgan fingerprint density at radius 2 is 1.93 bits per heavy atom. The lowest BCUT2D eigenvalue weighted by Crippen LogP contribution is -2.28. The molecule has 1 aromatic rings. The van der Waals surface area contributed by atoms with Crippen molar-refractivity contribution in [2.45, 2.75) is 5.92 Å². The summed E-state index contributed by atoms with van der Waals surface area (Å²) in [5.74, 6) is -2.46. The molecule has 0 saturated carbocycles. The highest BCUT2D eigenvalue weighted by Crippen LogP contribution is 2.25. The van der Waals surface area contributed by atoms with Gasteiger partial charge in [0.25, 0.3) is 0 Å². The number of carbonyl (C=O) groups is 3. The molecule has 0 N–H and O–H groups in total. The molecule has 4 nitrogen and oxygen atoms in total. The molecule has 0 spiro atoms. The van der Waals surface area contributed by atoms with Crippen LogP contribution in [0.1, 0.15) is 21.8 Å². The van der Waals surface area contributed by atoms with Gasteiger partial charge in [-0.15, -0.1) is 0 Å². The Balaban J connectivity index is 2.61. The van der Waals surface area contributed by atoms with Crippen molar-refractivity contribution in [1.82, 2.24) is 0 Å². The number of ether oxygens (including phenoxy) is 1. The summed E-state index contributed by atoms with van der Waals surface area (Å²) in [6.45, 7) is 0. The Morgan fingerprint density at radius 1 is 1.21 bits per heavy atom. The zero-order valence-corrected chi connectivity index (χ0v) is 7.10. The van der Waals surface area contributed by atoms with Gasteiger partial charge in [-0.3, -0.25) is 4.79 Å². The number of cyclic esters (lactones) is 2. The van der Waals surface area contributed by atoms with Gasteiger partial charge < -0.3 is 9.53 Å². The molecule has 0 aliphatic carbocycles. The smallest absolute Gasteiger partial charge is 0.346 e. The summed E-state index contributed by atoms with van der Waals surface area (Å²) in [4.78, 5) is 33.0.